The van der Waals surface area contributed by atoms with Crippen LogP contribution in [0.5, 0.6) is 11.5 Å². The first kappa shape index (κ1) is 13.7. The SMILES string of the molecule is COc1ccc(N(C)C(=O)c2n[nH]c(=O)[nH]2)c(OC)c1. The third kappa shape index (κ3) is 2.48. The molecule has 1 aromatic heterocycles. The van der Waals surface area contributed by atoms with Gasteiger partial charge in [0, 0.05) is 13.1 Å². The molecular weight excluding hydrogens is 264 g/mol. The normalized spacial score (nSPS) is 10.2. The van der Waals surface area contributed by atoms with Gasteiger partial charge in [-0.3, -0.25) is 9.78 Å². The summed E-state index contributed by atoms with van der Waals surface area (Å²) in [6.07, 6.45) is 0. The van der Waals surface area contributed by atoms with E-state index in [-0.39, 0.29) is 5.82 Å². The molecule has 8 heteroatoms. The van der Waals surface area contributed by atoms with E-state index in [9.17, 15) is 9.59 Å². The number of methoxy groups -OCH3 is 2. The summed E-state index contributed by atoms with van der Waals surface area (Å²) in [4.78, 5) is 26.8. The van der Waals surface area contributed by atoms with Crippen LogP contribution in [0.25, 0.3) is 0 Å². The second-order valence-corrected chi connectivity index (χ2v) is 3.93. The first-order chi connectivity index (χ1) is 9.56. The molecule has 0 aliphatic carbocycles. The molecule has 0 fully saturated rings. The number of anilines is 1. The van der Waals surface area contributed by atoms with E-state index in [0.717, 1.165) is 0 Å². The first-order valence-electron chi connectivity index (χ1n) is 5.71. The summed E-state index contributed by atoms with van der Waals surface area (Å²) in [6, 6.07) is 5.04. The van der Waals surface area contributed by atoms with E-state index in [1.54, 1.807) is 25.2 Å². The molecule has 0 saturated carbocycles. The summed E-state index contributed by atoms with van der Waals surface area (Å²) in [5, 5.41) is 5.74. The van der Waals surface area contributed by atoms with Crippen LogP contribution in [0.1, 0.15) is 10.6 Å². The number of amides is 1. The van der Waals surface area contributed by atoms with Crippen LogP contribution in [0, 0.1) is 0 Å². The highest BCUT2D eigenvalue weighted by Gasteiger charge is 2.20. The molecule has 0 radical (unpaired) electrons. The Kier molecular flexibility index (Phi) is 3.74. The number of aromatic nitrogens is 3. The number of H-pyrrole nitrogens is 2. The number of nitrogens with zero attached hydrogens (tertiary/aromatic N) is 2. The van der Waals surface area contributed by atoms with Gasteiger partial charge in [-0.05, 0) is 12.1 Å². The minimum absolute atomic E-state index is 0.0737. The number of nitrogens with one attached hydrogen (secondary N) is 2. The van der Waals surface area contributed by atoms with Crippen molar-refractivity contribution in [3.8, 4) is 11.5 Å². The zero-order valence-corrected chi connectivity index (χ0v) is 11.3. The van der Waals surface area contributed by atoms with E-state index in [4.69, 9.17) is 9.47 Å². The topological polar surface area (TPSA) is 100 Å². The maximum Gasteiger partial charge on any atom is 0.341 e. The number of carbonyl (C=O) groups excluding carboxylic acids is 1. The van der Waals surface area contributed by atoms with Crippen LogP contribution in [0.2, 0.25) is 0 Å². The molecule has 106 valence electrons. The molecule has 1 aromatic carbocycles. The van der Waals surface area contributed by atoms with Crippen molar-refractivity contribution in [2.45, 2.75) is 0 Å². The Balaban J connectivity index is 2.35. The molecule has 0 bridgehead atoms. The Bertz CT molecular complexity index is 676. The molecule has 0 saturated heterocycles. The van der Waals surface area contributed by atoms with Crippen LogP contribution in [0.15, 0.2) is 23.0 Å². The van der Waals surface area contributed by atoms with E-state index < -0.39 is 11.6 Å². The molecule has 2 N–H and O–H groups in total. The lowest BCUT2D eigenvalue weighted by Gasteiger charge is -2.19. The van der Waals surface area contributed by atoms with Gasteiger partial charge in [0.15, 0.2) is 0 Å². The largest absolute Gasteiger partial charge is 0.497 e. The van der Waals surface area contributed by atoms with Gasteiger partial charge >= 0.3 is 5.69 Å². The summed E-state index contributed by atoms with van der Waals surface area (Å²) in [5.41, 5.74) is -0.00871. The third-order valence-electron chi connectivity index (χ3n) is 2.76. The molecule has 20 heavy (non-hydrogen) atoms. The molecule has 2 aromatic rings. The highest BCUT2D eigenvalue weighted by atomic mass is 16.5. The Morgan fingerprint density at radius 1 is 1.30 bits per heavy atom. The maximum absolute atomic E-state index is 12.2. The zero-order valence-electron chi connectivity index (χ0n) is 11.3. The number of hydrogen-bond donors (Lipinski definition) is 2. The number of aromatic amines is 2. The van der Waals surface area contributed by atoms with Crippen molar-refractivity contribution in [1.82, 2.24) is 15.2 Å². The summed E-state index contributed by atoms with van der Waals surface area (Å²) in [7, 11) is 4.59. The van der Waals surface area contributed by atoms with Crippen LogP contribution in [0.4, 0.5) is 5.69 Å². The minimum Gasteiger partial charge on any atom is -0.497 e. The zero-order chi connectivity index (χ0) is 14.7. The van der Waals surface area contributed by atoms with Gasteiger partial charge in [-0.1, -0.05) is 0 Å². The van der Waals surface area contributed by atoms with Gasteiger partial charge in [-0.2, -0.15) is 0 Å². The lowest BCUT2D eigenvalue weighted by Crippen LogP contribution is -2.28. The molecule has 0 aliphatic heterocycles. The summed E-state index contributed by atoms with van der Waals surface area (Å²) in [5.74, 6) is 0.542. The Labute approximate surface area is 114 Å². The molecule has 0 atom stereocenters. The predicted molar refractivity (Wildman–Crippen MR) is 71.5 cm³/mol. The van der Waals surface area contributed by atoms with Crippen LogP contribution in [-0.2, 0) is 0 Å². The Morgan fingerprint density at radius 3 is 2.60 bits per heavy atom. The highest BCUT2D eigenvalue weighted by molar-refractivity contribution is 6.03. The molecule has 2 rings (SSSR count). The van der Waals surface area contributed by atoms with Gasteiger partial charge in [0.1, 0.15) is 11.5 Å². The number of carbonyl (C=O) groups is 1. The fourth-order valence-corrected chi connectivity index (χ4v) is 1.70. The average molecular weight is 278 g/mol. The lowest BCUT2D eigenvalue weighted by molar-refractivity contribution is 0.0983. The predicted octanol–water partition coefficient (Wildman–Crippen LogP) is 0.392. The van der Waals surface area contributed by atoms with Crippen LogP contribution >= 0.6 is 0 Å². The van der Waals surface area contributed by atoms with Crippen molar-refractivity contribution in [3.05, 3.63) is 34.5 Å². The van der Waals surface area contributed by atoms with Gasteiger partial charge in [0.05, 0.1) is 19.9 Å². The van der Waals surface area contributed by atoms with E-state index in [1.165, 1.54) is 19.1 Å². The fraction of sp³-hybridized carbons (Fsp3) is 0.250. The minimum atomic E-state index is -0.538. The van der Waals surface area contributed by atoms with Crippen LogP contribution in [0.3, 0.4) is 0 Å². The van der Waals surface area contributed by atoms with Crippen molar-refractivity contribution in [1.29, 1.82) is 0 Å². The van der Waals surface area contributed by atoms with Crippen molar-refractivity contribution in [3.63, 3.8) is 0 Å². The van der Waals surface area contributed by atoms with Gasteiger partial charge in [0.2, 0.25) is 5.82 Å². The van der Waals surface area contributed by atoms with E-state index >= 15 is 0 Å². The summed E-state index contributed by atoms with van der Waals surface area (Å²) >= 11 is 0. The lowest BCUT2D eigenvalue weighted by atomic mass is 10.2. The van der Waals surface area contributed by atoms with Gasteiger partial charge in [-0.15, -0.1) is 5.10 Å². The maximum atomic E-state index is 12.2. The van der Waals surface area contributed by atoms with Gasteiger partial charge in [-0.25, -0.2) is 9.89 Å². The third-order valence-corrected chi connectivity index (χ3v) is 2.76. The first-order valence-corrected chi connectivity index (χ1v) is 5.71. The van der Waals surface area contributed by atoms with Crippen LogP contribution < -0.4 is 20.1 Å². The standard InChI is InChI=1S/C12H14N4O4/c1-16(11(17)10-13-12(18)15-14-10)8-5-4-7(19-2)6-9(8)20-3/h4-6H,1-3H3,(H2,13,14,15,18). The second-order valence-electron chi connectivity index (χ2n) is 3.93. The average Bonchev–Trinajstić information content (AvgIpc) is 2.91. The molecule has 0 spiro atoms. The molecule has 1 heterocycles. The van der Waals surface area contributed by atoms with E-state index in [0.29, 0.717) is 17.2 Å². The molecular formula is C12H14N4O4. The monoisotopic (exact) mass is 278 g/mol. The highest BCUT2D eigenvalue weighted by Crippen LogP contribution is 2.31. The number of hydrogen-bond acceptors (Lipinski definition) is 5. The van der Waals surface area contributed by atoms with Crippen molar-refractivity contribution in [2.75, 3.05) is 26.2 Å². The molecule has 8 nitrogen and oxygen atoms in total. The van der Waals surface area contributed by atoms with Crippen LogP contribution in [-0.4, -0.2) is 42.4 Å². The molecule has 0 unspecified atom stereocenters. The number of ether oxygens (including phenoxy) is 2. The van der Waals surface area contributed by atoms with Gasteiger partial charge in [0.25, 0.3) is 5.91 Å². The van der Waals surface area contributed by atoms with E-state index in [2.05, 4.69) is 15.2 Å². The van der Waals surface area contributed by atoms with Crippen molar-refractivity contribution >= 4 is 11.6 Å². The summed E-state index contributed by atoms with van der Waals surface area (Å²) < 4.78 is 10.3. The van der Waals surface area contributed by atoms with Crippen molar-refractivity contribution < 1.29 is 14.3 Å². The van der Waals surface area contributed by atoms with Crippen molar-refractivity contribution in [2.24, 2.45) is 0 Å². The number of benzene rings is 1. The molecule has 1 amide bonds. The smallest absolute Gasteiger partial charge is 0.341 e. The second kappa shape index (κ2) is 5.47. The Morgan fingerprint density at radius 2 is 2.05 bits per heavy atom. The quantitative estimate of drug-likeness (QED) is 0.842. The molecule has 0 aliphatic rings. The number of rotatable bonds is 4. The fourth-order valence-electron chi connectivity index (χ4n) is 1.70. The van der Waals surface area contributed by atoms with Gasteiger partial charge < -0.3 is 14.4 Å². The Hall–Kier alpha value is -2.77. The van der Waals surface area contributed by atoms with E-state index in [1.807, 2.05) is 0 Å². The summed E-state index contributed by atoms with van der Waals surface area (Å²) in [6.45, 7) is 0.